The van der Waals surface area contributed by atoms with E-state index in [9.17, 15) is 4.79 Å². The lowest BCUT2D eigenvalue weighted by Gasteiger charge is -2.48. The van der Waals surface area contributed by atoms with E-state index in [2.05, 4.69) is 21.7 Å². The summed E-state index contributed by atoms with van der Waals surface area (Å²) in [6.45, 7) is 11.6. The van der Waals surface area contributed by atoms with Crippen LogP contribution in [-0.4, -0.2) is 97.4 Å². The minimum Gasteiger partial charge on any atom is -0.383 e. The molecule has 2 N–H and O–H groups in total. The molecule has 0 aliphatic carbocycles. The van der Waals surface area contributed by atoms with E-state index in [0.29, 0.717) is 58.8 Å². The average molecular weight is 620 g/mol. The third-order valence-corrected chi connectivity index (χ3v) is 8.53. The van der Waals surface area contributed by atoms with Crippen LogP contribution in [0.5, 0.6) is 0 Å². The second-order valence-corrected chi connectivity index (χ2v) is 11.6. The van der Waals surface area contributed by atoms with Crippen LogP contribution >= 0.6 is 23.2 Å². The molecule has 2 saturated heterocycles. The predicted molar refractivity (Wildman–Crippen MR) is 170 cm³/mol. The number of amidine groups is 1. The molecular formula is C31H44Cl2N6O3. The van der Waals surface area contributed by atoms with Crippen LogP contribution in [0.4, 0.5) is 5.82 Å². The number of nitrogens with zero attached hydrogens (tertiary/aromatic N) is 5. The van der Waals surface area contributed by atoms with Crippen molar-refractivity contribution < 1.29 is 14.3 Å². The number of ether oxygens (including phenoxy) is 2. The van der Waals surface area contributed by atoms with Crippen molar-refractivity contribution in [1.29, 1.82) is 0 Å². The van der Waals surface area contributed by atoms with Gasteiger partial charge in [0.2, 0.25) is 0 Å². The zero-order valence-electron chi connectivity index (χ0n) is 25.0. The van der Waals surface area contributed by atoms with Crippen LogP contribution in [0.25, 0.3) is 0 Å². The molecule has 1 atom stereocenters. The molecule has 0 radical (unpaired) electrons. The van der Waals surface area contributed by atoms with Crippen molar-refractivity contribution in [2.75, 3.05) is 57.4 Å². The summed E-state index contributed by atoms with van der Waals surface area (Å²) in [6, 6.07) is 9.85. The molecule has 4 rings (SSSR count). The van der Waals surface area contributed by atoms with Crippen LogP contribution < -0.4 is 10.6 Å². The number of amides is 1. The van der Waals surface area contributed by atoms with Gasteiger partial charge in [-0.1, -0.05) is 36.5 Å². The normalized spacial score (nSPS) is 19.1. The molecular weight excluding hydrogens is 575 g/mol. The van der Waals surface area contributed by atoms with E-state index in [4.69, 9.17) is 43.4 Å². The van der Waals surface area contributed by atoms with Crippen molar-refractivity contribution in [3.8, 4) is 0 Å². The summed E-state index contributed by atoms with van der Waals surface area (Å²) in [4.78, 5) is 29.1. The van der Waals surface area contributed by atoms with Crippen LogP contribution in [-0.2, 0) is 9.47 Å². The molecule has 2 aliphatic heterocycles. The molecule has 2 aromatic rings. The highest BCUT2D eigenvalue weighted by Gasteiger charge is 2.35. The summed E-state index contributed by atoms with van der Waals surface area (Å²) in [5, 5.41) is 1.20. The molecule has 1 amide bonds. The fourth-order valence-corrected chi connectivity index (χ4v) is 6.31. The van der Waals surface area contributed by atoms with Crippen molar-refractivity contribution in [3.63, 3.8) is 0 Å². The van der Waals surface area contributed by atoms with Gasteiger partial charge >= 0.3 is 0 Å². The van der Waals surface area contributed by atoms with E-state index in [-0.39, 0.29) is 5.91 Å². The van der Waals surface area contributed by atoms with E-state index in [0.717, 1.165) is 64.2 Å². The molecule has 42 heavy (non-hydrogen) atoms. The number of likely N-dealkylation sites (tertiary alicyclic amines) is 1. The quantitative estimate of drug-likeness (QED) is 0.201. The lowest BCUT2D eigenvalue weighted by molar-refractivity contribution is -0.128. The maximum Gasteiger partial charge on any atom is 0.253 e. The second kappa shape index (κ2) is 15.9. The number of hydrogen-bond donors (Lipinski definition) is 1. The molecule has 0 spiro atoms. The summed E-state index contributed by atoms with van der Waals surface area (Å²) >= 11 is 12.8. The number of nitrogens with two attached hydrogens (primary N) is 1. The van der Waals surface area contributed by atoms with Crippen molar-refractivity contribution in [1.82, 2.24) is 14.8 Å². The Morgan fingerprint density at radius 1 is 1.05 bits per heavy atom. The lowest BCUT2D eigenvalue weighted by Crippen LogP contribution is -2.59. The molecule has 0 bridgehead atoms. The Kier molecular flexibility index (Phi) is 12.3. The monoisotopic (exact) mass is 618 g/mol. The van der Waals surface area contributed by atoms with Crippen LogP contribution in [0.3, 0.4) is 0 Å². The second-order valence-electron chi connectivity index (χ2n) is 10.8. The van der Waals surface area contributed by atoms with Crippen LogP contribution in [0.15, 0.2) is 41.5 Å². The number of anilines is 1. The topological polar surface area (TPSA) is 96.5 Å². The Bertz CT molecular complexity index is 1180. The fourth-order valence-electron chi connectivity index (χ4n) is 5.90. The number of halogens is 2. The smallest absolute Gasteiger partial charge is 0.253 e. The SMILES string of the molecule is CCC[C@H]1CN(c2ncc(C(N)=NCC(OCC)OCC)cc2Cl)CCN1C1CCN(C(=O)c2ccc(Cl)cc2)CC1. The number of rotatable bonds is 12. The minimum atomic E-state index is -0.427. The Morgan fingerprint density at radius 2 is 1.74 bits per heavy atom. The molecule has 1 aromatic carbocycles. The van der Waals surface area contributed by atoms with Crippen molar-refractivity contribution in [2.24, 2.45) is 10.7 Å². The fraction of sp³-hybridized carbons (Fsp3) is 0.581. The largest absolute Gasteiger partial charge is 0.383 e. The molecule has 2 fully saturated rings. The summed E-state index contributed by atoms with van der Waals surface area (Å²) in [7, 11) is 0. The number of pyridine rings is 1. The van der Waals surface area contributed by atoms with Gasteiger partial charge in [-0.3, -0.25) is 14.7 Å². The average Bonchev–Trinajstić information content (AvgIpc) is 3.00. The number of hydrogen-bond acceptors (Lipinski definition) is 7. The first-order chi connectivity index (χ1) is 20.3. The van der Waals surface area contributed by atoms with E-state index >= 15 is 0 Å². The van der Waals surface area contributed by atoms with E-state index in [1.807, 2.05) is 24.8 Å². The predicted octanol–water partition coefficient (Wildman–Crippen LogP) is 5.09. The van der Waals surface area contributed by atoms with Gasteiger partial charge in [0.15, 0.2) is 6.29 Å². The standard InChI is InChI=1S/C31H44Cl2N6O3/c1-4-7-26-21-38(30-27(33)18-23(19-36-30)29(34)35-20-28(41-5-2)42-6-3)16-17-39(26)25-12-14-37(15-13-25)31(40)22-8-10-24(32)11-9-22/h8-11,18-19,25-26,28H,4-7,12-17,20-21H2,1-3H3,(H2,34,35)/t26-/m0/s1. The van der Waals surface area contributed by atoms with Gasteiger partial charge in [0.05, 0.1) is 11.6 Å². The van der Waals surface area contributed by atoms with E-state index in [1.54, 1.807) is 30.5 Å². The van der Waals surface area contributed by atoms with Gasteiger partial charge in [0.1, 0.15) is 11.7 Å². The van der Waals surface area contributed by atoms with Gasteiger partial charge in [0.25, 0.3) is 5.91 Å². The molecule has 230 valence electrons. The first-order valence-corrected chi connectivity index (χ1v) is 15.8. The Labute approximate surface area is 260 Å². The van der Waals surface area contributed by atoms with Gasteiger partial charge in [-0.05, 0) is 63.4 Å². The first-order valence-electron chi connectivity index (χ1n) is 15.1. The van der Waals surface area contributed by atoms with Crippen molar-refractivity contribution in [3.05, 3.63) is 57.7 Å². The molecule has 2 aliphatic rings. The highest BCUT2D eigenvalue weighted by Crippen LogP contribution is 2.30. The third kappa shape index (κ3) is 8.35. The highest BCUT2D eigenvalue weighted by molar-refractivity contribution is 6.33. The van der Waals surface area contributed by atoms with E-state index in [1.165, 1.54) is 0 Å². The minimum absolute atomic E-state index is 0.0818. The third-order valence-electron chi connectivity index (χ3n) is 7.99. The number of aliphatic imine (C=N–C) groups is 1. The molecule has 0 unspecified atom stereocenters. The Morgan fingerprint density at radius 3 is 2.36 bits per heavy atom. The van der Waals surface area contributed by atoms with Crippen molar-refractivity contribution >= 4 is 40.8 Å². The molecule has 1 aromatic heterocycles. The maximum atomic E-state index is 13.0. The summed E-state index contributed by atoms with van der Waals surface area (Å²) in [6.07, 6.45) is 5.45. The molecule has 9 nitrogen and oxygen atoms in total. The lowest BCUT2D eigenvalue weighted by atomic mass is 9.97. The highest BCUT2D eigenvalue weighted by atomic mass is 35.5. The number of benzene rings is 1. The molecule has 11 heteroatoms. The zero-order valence-corrected chi connectivity index (χ0v) is 26.5. The number of aromatic nitrogens is 1. The maximum absolute atomic E-state index is 13.0. The summed E-state index contributed by atoms with van der Waals surface area (Å²) in [5.41, 5.74) is 7.63. The molecule has 0 saturated carbocycles. The Hall–Kier alpha value is -2.43. The van der Waals surface area contributed by atoms with Crippen LogP contribution in [0.1, 0.15) is 62.4 Å². The summed E-state index contributed by atoms with van der Waals surface area (Å²) < 4.78 is 11.1. The molecule has 3 heterocycles. The van der Waals surface area contributed by atoms with Gasteiger partial charge in [-0.2, -0.15) is 0 Å². The van der Waals surface area contributed by atoms with E-state index < -0.39 is 6.29 Å². The number of carbonyl (C=O) groups is 1. The van der Waals surface area contributed by atoms with Crippen molar-refractivity contribution in [2.45, 2.75) is 64.8 Å². The van der Waals surface area contributed by atoms with Gasteiger partial charge in [-0.25, -0.2) is 4.98 Å². The first kappa shape index (κ1) is 32.5. The van der Waals surface area contributed by atoms with Gasteiger partial charge in [0, 0.05) is 80.4 Å². The van der Waals surface area contributed by atoms with Crippen LogP contribution in [0.2, 0.25) is 10.0 Å². The number of carbonyl (C=O) groups excluding carboxylic acids is 1. The van der Waals surface area contributed by atoms with Gasteiger partial charge in [-0.15, -0.1) is 0 Å². The van der Waals surface area contributed by atoms with Crippen LogP contribution in [0, 0.1) is 0 Å². The summed E-state index contributed by atoms with van der Waals surface area (Å²) in [5.74, 6) is 1.21. The van der Waals surface area contributed by atoms with Gasteiger partial charge < -0.3 is 25.0 Å². The number of piperazine rings is 1. The zero-order chi connectivity index (χ0) is 30.1. The Balaban J connectivity index is 1.36. The number of piperidine rings is 1.